The van der Waals surface area contributed by atoms with E-state index in [1.807, 2.05) is 43.5 Å². The number of nitrogens with zero attached hydrogens (tertiary/aromatic N) is 2. The van der Waals surface area contributed by atoms with Crippen LogP contribution in [0.1, 0.15) is 27.0 Å². The van der Waals surface area contributed by atoms with Crippen molar-refractivity contribution >= 4 is 28.5 Å². The van der Waals surface area contributed by atoms with Crippen molar-refractivity contribution < 1.29 is 9.53 Å². The highest BCUT2D eigenvalue weighted by Crippen LogP contribution is 2.36. The molecule has 5 rings (SSSR count). The van der Waals surface area contributed by atoms with E-state index < -0.39 is 0 Å². The van der Waals surface area contributed by atoms with Crippen molar-refractivity contribution in [3.63, 3.8) is 0 Å². The molecule has 0 atom stereocenters. The van der Waals surface area contributed by atoms with E-state index in [4.69, 9.17) is 16.3 Å². The minimum atomic E-state index is -0.153. The highest BCUT2D eigenvalue weighted by Gasteiger charge is 2.22. The van der Waals surface area contributed by atoms with Gasteiger partial charge in [0.15, 0.2) is 11.4 Å². The number of H-pyrrole nitrogens is 1. The van der Waals surface area contributed by atoms with Crippen LogP contribution in [-0.4, -0.2) is 34.2 Å². The van der Waals surface area contributed by atoms with Crippen LogP contribution in [0.5, 0.6) is 5.75 Å². The Bertz CT molecular complexity index is 1260. The zero-order valence-electron chi connectivity index (χ0n) is 16.3. The van der Waals surface area contributed by atoms with Gasteiger partial charge in [-0.3, -0.25) is 4.79 Å². The molecule has 150 valence electrons. The monoisotopic (exact) mass is 418 g/mol. The van der Waals surface area contributed by atoms with E-state index in [1.54, 1.807) is 0 Å². The van der Waals surface area contributed by atoms with Crippen molar-refractivity contribution in [2.45, 2.75) is 13.3 Å². The summed E-state index contributed by atoms with van der Waals surface area (Å²) in [6, 6.07) is 14.1. The van der Waals surface area contributed by atoms with E-state index >= 15 is 0 Å². The minimum Gasteiger partial charge on any atom is -0.489 e. The molecule has 0 saturated heterocycles. The Kier molecular flexibility index (Phi) is 4.64. The second-order valence-electron chi connectivity index (χ2n) is 7.34. The van der Waals surface area contributed by atoms with Gasteiger partial charge in [-0.2, -0.15) is 0 Å². The number of fused-ring (bicyclic) bond motifs is 2. The van der Waals surface area contributed by atoms with Crippen molar-refractivity contribution in [1.29, 1.82) is 0 Å². The fourth-order valence-electron chi connectivity index (χ4n) is 3.69. The first kappa shape index (κ1) is 18.6. The van der Waals surface area contributed by atoms with Crippen LogP contribution in [0.3, 0.4) is 0 Å². The number of nitrogens with one attached hydrogen (secondary N) is 2. The Morgan fingerprint density at radius 2 is 1.97 bits per heavy atom. The second kappa shape index (κ2) is 7.46. The molecule has 2 N–H and O–H groups in total. The van der Waals surface area contributed by atoms with Crippen LogP contribution < -0.4 is 10.1 Å². The van der Waals surface area contributed by atoms with Gasteiger partial charge < -0.3 is 15.0 Å². The molecule has 3 heterocycles. The van der Waals surface area contributed by atoms with Gasteiger partial charge in [-0.25, -0.2) is 0 Å². The summed E-state index contributed by atoms with van der Waals surface area (Å²) in [6.07, 6.45) is 2.51. The summed E-state index contributed by atoms with van der Waals surface area (Å²) in [5.41, 5.74) is 6.14. The van der Waals surface area contributed by atoms with E-state index in [9.17, 15) is 4.79 Å². The van der Waals surface area contributed by atoms with E-state index in [2.05, 4.69) is 32.6 Å². The number of aromatic amines is 1. The maximum atomic E-state index is 12.4. The first-order valence-electron chi connectivity index (χ1n) is 9.73. The number of amides is 1. The normalized spacial score (nSPS) is 13.5. The predicted octanol–water partition coefficient (Wildman–Crippen LogP) is 4.30. The SMILES string of the molecule is Cc1c(Cc2ccc(-c3cc4cc[nH]c4nn3)cc2)cc2c(c1Cl)OCCNC2=O. The maximum Gasteiger partial charge on any atom is 0.255 e. The molecule has 4 aromatic rings. The third kappa shape index (κ3) is 3.29. The van der Waals surface area contributed by atoms with Gasteiger partial charge >= 0.3 is 0 Å². The molecule has 0 saturated carbocycles. The van der Waals surface area contributed by atoms with Crippen molar-refractivity contribution in [1.82, 2.24) is 20.5 Å². The molecule has 0 radical (unpaired) electrons. The molecule has 0 bridgehead atoms. The lowest BCUT2D eigenvalue weighted by Gasteiger charge is -2.15. The molecule has 6 nitrogen and oxygen atoms in total. The van der Waals surface area contributed by atoms with E-state index in [-0.39, 0.29) is 5.91 Å². The second-order valence-corrected chi connectivity index (χ2v) is 7.72. The average molecular weight is 419 g/mol. The topological polar surface area (TPSA) is 79.9 Å². The zero-order chi connectivity index (χ0) is 20.7. The number of carbonyl (C=O) groups excluding carboxylic acids is 1. The summed E-state index contributed by atoms with van der Waals surface area (Å²) in [5.74, 6) is 0.321. The highest BCUT2D eigenvalue weighted by atomic mass is 35.5. The van der Waals surface area contributed by atoms with Gasteiger partial charge in [0.1, 0.15) is 6.61 Å². The van der Waals surface area contributed by atoms with Gasteiger partial charge in [-0.1, -0.05) is 35.9 Å². The van der Waals surface area contributed by atoms with Crippen molar-refractivity contribution in [3.8, 4) is 17.0 Å². The Balaban J connectivity index is 1.44. The van der Waals surface area contributed by atoms with Crippen LogP contribution in [0.2, 0.25) is 5.02 Å². The molecular formula is C23H19ClN4O2. The first-order chi connectivity index (χ1) is 14.6. The van der Waals surface area contributed by atoms with Crippen LogP contribution in [0, 0.1) is 6.92 Å². The summed E-state index contributed by atoms with van der Waals surface area (Å²) < 4.78 is 5.69. The van der Waals surface area contributed by atoms with Gasteiger partial charge in [0, 0.05) is 17.1 Å². The van der Waals surface area contributed by atoms with Crippen LogP contribution in [0.15, 0.2) is 48.7 Å². The van der Waals surface area contributed by atoms with Gasteiger partial charge in [0.25, 0.3) is 5.91 Å². The molecular weight excluding hydrogens is 400 g/mol. The molecule has 0 spiro atoms. The molecule has 0 unspecified atom stereocenters. The van der Waals surface area contributed by atoms with Crippen molar-refractivity contribution in [3.05, 3.63) is 75.9 Å². The zero-order valence-corrected chi connectivity index (χ0v) is 17.1. The molecule has 7 heteroatoms. The Hall–Kier alpha value is -3.38. The number of ether oxygens (including phenoxy) is 1. The maximum absolute atomic E-state index is 12.4. The molecule has 2 aromatic heterocycles. The number of rotatable bonds is 3. The smallest absolute Gasteiger partial charge is 0.255 e. The fraction of sp³-hybridized carbons (Fsp3) is 0.174. The fourth-order valence-corrected chi connectivity index (χ4v) is 3.97. The van der Waals surface area contributed by atoms with Crippen LogP contribution in [-0.2, 0) is 6.42 Å². The predicted molar refractivity (Wildman–Crippen MR) is 116 cm³/mol. The van der Waals surface area contributed by atoms with Gasteiger partial charge in [-0.05, 0) is 48.2 Å². The van der Waals surface area contributed by atoms with E-state index in [0.717, 1.165) is 39.0 Å². The minimum absolute atomic E-state index is 0.153. The van der Waals surface area contributed by atoms with Crippen molar-refractivity contribution in [2.24, 2.45) is 0 Å². The Labute approximate surface area is 178 Å². The third-order valence-corrected chi connectivity index (χ3v) is 5.86. The number of carbonyl (C=O) groups is 1. The summed E-state index contributed by atoms with van der Waals surface area (Å²) >= 11 is 6.54. The average Bonchev–Trinajstić information content (AvgIpc) is 3.16. The summed E-state index contributed by atoms with van der Waals surface area (Å²) in [6.45, 7) is 2.84. The van der Waals surface area contributed by atoms with E-state index in [1.165, 1.54) is 0 Å². The van der Waals surface area contributed by atoms with Crippen LogP contribution in [0.25, 0.3) is 22.3 Å². The number of benzene rings is 2. The van der Waals surface area contributed by atoms with Gasteiger partial charge in [-0.15, -0.1) is 10.2 Å². The quantitative estimate of drug-likeness (QED) is 0.520. The van der Waals surface area contributed by atoms with Gasteiger partial charge in [0.2, 0.25) is 0 Å². The Morgan fingerprint density at radius 1 is 1.13 bits per heavy atom. The molecule has 2 aromatic carbocycles. The number of halogens is 1. The highest BCUT2D eigenvalue weighted by molar-refractivity contribution is 6.33. The number of aromatic nitrogens is 3. The summed E-state index contributed by atoms with van der Waals surface area (Å²) in [5, 5.41) is 12.9. The number of hydrogen-bond donors (Lipinski definition) is 2. The molecule has 0 aliphatic carbocycles. The first-order valence-corrected chi connectivity index (χ1v) is 10.1. The molecule has 1 aliphatic heterocycles. The van der Waals surface area contributed by atoms with Crippen molar-refractivity contribution in [2.75, 3.05) is 13.2 Å². The van der Waals surface area contributed by atoms with Crippen LogP contribution >= 0.6 is 11.6 Å². The van der Waals surface area contributed by atoms with E-state index in [0.29, 0.717) is 35.9 Å². The number of hydrogen-bond acceptors (Lipinski definition) is 4. The summed E-state index contributed by atoms with van der Waals surface area (Å²) in [7, 11) is 0. The molecule has 30 heavy (non-hydrogen) atoms. The molecule has 1 amide bonds. The van der Waals surface area contributed by atoms with Gasteiger partial charge in [0.05, 0.1) is 22.8 Å². The summed E-state index contributed by atoms with van der Waals surface area (Å²) in [4.78, 5) is 15.4. The molecule has 1 aliphatic rings. The lowest BCUT2D eigenvalue weighted by Crippen LogP contribution is -2.24. The standard InChI is InChI=1S/C23H19ClN4O2/c1-13-17(11-18-21(20(13)24)30-9-8-26-23(18)29)10-14-2-4-15(5-3-14)19-12-16-6-7-25-22(16)28-27-19/h2-7,11-12H,8-10H2,1H3,(H,25,28)(H,26,29). The molecule has 0 fully saturated rings. The lowest BCUT2D eigenvalue weighted by atomic mass is 9.96. The Morgan fingerprint density at radius 3 is 2.80 bits per heavy atom. The largest absolute Gasteiger partial charge is 0.489 e. The lowest BCUT2D eigenvalue weighted by molar-refractivity contribution is 0.0957. The van der Waals surface area contributed by atoms with Crippen LogP contribution in [0.4, 0.5) is 0 Å². The third-order valence-electron chi connectivity index (χ3n) is 5.40.